The third kappa shape index (κ3) is 3.17. The first-order chi connectivity index (χ1) is 11.8. The van der Waals surface area contributed by atoms with E-state index in [-0.39, 0.29) is 0 Å². The number of benzene rings is 1. The second kappa shape index (κ2) is 6.91. The summed E-state index contributed by atoms with van der Waals surface area (Å²) in [5, 5.41) is 2.13. The summed E-state index contributed by atoms with van der Waals surface area (Å²) in [6.07, 6.45) is 4.72. The molecule has 1 radical (unpaired) electrons. The Hall–Kier alpha value is -1.91. The largest absolute Gasteiger partial charge is 0.488 e. The maximum Gasteiger partial charge on any atom is 0.135 e. The van der Waals surface area contributed by atoms with Crippen molar-refractivity contribution in [3.8, 4) is 5.75 Å². The van der Waals surface area contributed by atoms with Crippen LogP contribution in [0, 0.1) is 6.07 Å². The Bertz CT molecular complexity index is 767. The van der Waals surface area contributed by atoms with E-state index in [9.17, 15) is 4.79 Å². The molecular formula is C20H20NO2S. The Morgan fingerprint density at radius 1 is 1.29 bits per heavy atom. The van der Waals surface area contributed by atoms with E-state index in [0.29, 0.717) is 25.2 Å². The molecule has 0 amide bonds. The first-order valence-corrected chi connectivity index (χ1v) is 9.33. The quantitative estimate of drug-likeness (QED) is 0.849. The normalized spacial score (nSPS) is 19.5. The van der Waals surface area contributed by atoms with Gasteiger partial charge in [0.25, 0.3) is 0 Å². The van der Waals surface area contributed by atoms with E-state index >= 15 is 0 Å². The van der Waals surface area contributed by atoms with Crippen LogP contribution >= 0.6 is 11.3 Å². The molecule has 2 aliphatic rings. The number of thiophene rings is 1. The van der Waals surface area contributed by atoms with Crippen LogP contribution < -0.4 is 4.74 Å². The number of hydrogen-bond donors (Lipinski definition) is 0. The minimum atomic E-state index is 0.401. The average Bonchev–Trinajstić information content (AvgIpc) is 3.02. The van der Waals surface area contributed by atoms with Gasteiger partial charge in [-0.2, -0.15) is 0 Å². The predicted molar refractivity (Wildman–Crippen MR) is 96.3 cm³/mol. The topological polar surface area (TPSA) is 29.5 Å². The zero-order valence-corrected chi connectivity index (χ0v) is 14.4. The van der Waals surface area contributed by atoms with E-state index < -0.39 is 0 Å². The second-order valence-electron chi connectivity index (χ2n) is 6.27. The summed E-state index contributed by atoms with van der Waals surface area (Å²) < 4.78 is 5.97. The Labute approximate surface area is 146 Å². The van der Waals surface area contributed by atoms with Gasteiger partial charge in [-0.3, -0.25) is 4.79 Å². The van der Waals surface area contributed by atoms with Crippen molar-refractivity contribution in [1.82, 2.24) is 4.90 Å². The fourth-order valence-corrected chi connectivity index (χ4v) is 4.30. The number of hydrogen-bond acceptors (Lipinski definition) is 4. The van der Waals surface area contributed by atoms with Crippen molar-refractivity contribution in [2.24, 2.45) is 0 Å². The summed E-state index contributed by atoms with van der Waals surface area (Å²) in [4.78, 5) is 15.1. The molecule has 4 rings (SSSR count). The average molecular weight is 338 g/mol. The summed E-state index contributed by atoms with van der Waals surface area (Å²) in [6.45, 7) is 3.44. The first-order valence-electron chi connectivity index (χ1n) is 8.45. The zero-order chi connectivity index (χ0) is 16.4. The maximum absolute atomic E-state index is 11.4. The van der Waals surface area contributed by atoms with Gasteiger partial charge in [0.2, 0.25) is 0 Å². The molecule has 2 aromatic rings. The highest BCUT2D eigenvalue weighted by molar-refractivity contribution is 7.11. The molecular weight excluding hydrogens is 318 g/mol. The van der Waals surface area contributed by atoms with Crippen molar-refractivity contribution in [3.63, 3.8) is 0 Å². The van der Waals surface area contributed by atoms with E-state index in [4.69, 9.17) is 4.74 Å². The van der Waals surface area contributed by atoms with Gasteiger partial charge in [-0.05, 0) is 41.6 Å². The molecule has 0 aliphatic carbocycles. The number of carbonyl (C=O) groups is 1. The highest BCUT2D eigenvalue weighted by Crippen LogP contribution is 2.39. The van der Waals surface area contributed by atoms with Crippen LogP contribution in [0.5, 0.6) is 5.75 Å². The van der Waals surface area contributed by atoms with Gasteiger partial charge in [-0.25, -0.2) is 0 Å². The minimum Gasteiger partial charge on any atom is -0.488 e. The van der Waals surface area contributed by atoms with Crippen molar-refractivity contribution < 1.29 is 9.53 Å². The fourth-order valence-electron chi connectivity index (χ4n) is 3.34. The second-order valence-corrected chi connectivity index (χ2v) is 7.19. The van der Waals surface area contributed by atoms with Crippen molar-refractivity contribution >= 4 is 22.7 Å². The lowest BCUT2D eigenvalue weighted by molar-refractivity contribution is -0.121. The number of likely N-dealkylation sites (tertiary alicyclic amines) is 1. The lowest BCUT2D eigenvalue weighted by Gasteiger charge is -2.25. The summed E-state index contributed by atoms with van der Waals surface area (Å²) >= 11 is 1.78. The SMILES string of the molecule is O=C1CCN(CC/C=C2/c3c[c]ccc3OCc3ccsc32)CC1. The van der Waals surface area contributed by atoms with Gasteiger partial charge in [-0.15, -0.1) is 11.3 Å². The molecule has 0 bridgehead atoms. The number of rotatable bonds is 3. The van der Waals surface area contributed by atoms with E-state index in [1.807, 2.05) is 18.2 Å². The summed E-state index contributed by atoms with van der Waals surface area (Å²) in [5.41, 5.74) is 3.65. The van der Waals surface area contributed by atoms with Gasteiger partial charge in [0.15, 0.2) is 0 Å². The summed E-state index contributed by atoms with van der Waals surface area (Å²) in [6, 6.07) is 11.3. The van der Waals surface area contributed by atoms with Crippen LogP contribution in [-0.2, 0) is 11.4 Å². The highest BCUT2D eigenvalue weighted by Gasteiger charge is 2.20. The van der Waals surface area contributed by atoms with Gasteiger partial charge in [0.1, 0.15) is 18.1 Å². The molecule has 2 aliphatic heterocycles. The molecule has 3 heterocycles. The van der Waals surface area contributed by atoms with Gasteiger partial charge < -0.3 is 9.64 Å². The standard InChI is InChI=1S/C20H20NO2S/c22-16-7-11-21(12-8-16)10-3-5-18-17-4-1-2-6-19(17)23-14-15-9-13-24-20(15)18/h2,4-6,9,13H,3,7-8,10-12,14H2/b18-5-. The molecule has 0 atom stereocenters. The molecule has 4 heteroatoms. The van der Waals surface area contributed by atoms with Crippen molar-refractivity contribution in [2.45, 2.75) is 25.9 Å². The summed E-state index contributed by atoms with van der Waals surface area (Å²) in [7, 11) is 0. The molecule has 123 valence electrons. The number of ether oxygens (including phenoxy) is 1. The molecule has 0 saturated carbocycles. The fraction of sp³-hybridized carbons (Fsp3) is 0.350. The Kier molecular flexibility index (Phi) is 4.50. The number of carbonyl (C=O) groups excluding carboxylic acids is 1. The third-order valence-corrected chi connectivity index (χ3v) is 5.69. The number of piperidine rings is 1. The molecule has 1 aromatic heterocycles. The third-order valence-electron chi connectivity index (χ3n) is 4.70. The molecule has 0 spiro atoms. The Balaban J connectivity index is 1.56. The number of fused-ring (bicyclic) bond motifs is 2. The zero-order valence-electron chi connectivity index (χ0n) is 13.6. The maximum atomic E-state index is 11.4. The Morgan fingerprint density at radius 3 is 3.04 bits per heavy atom. The molecule has 1 saturated heterocycles. The van der Waals surface area contributed by atoms with Crippen molar-refractivity contribution in [2.75, 3.05) is 19.6 Å². The van der Waals surface area contributed by atoms with Crippen LogP contribution in [-0.4, -0.2) is 30.3 Å². The van der Waals surface area contributed by atoms with Crippen LogP contribution in [0.3, 0.4) is 0 Å². The van der Waals surface area contributed by atoms with Crippen LogP contribution in [0.1, 0.15) is 35.3 Å². The van der Waals surface area contributed by atoms with Gasteiger partial charge >= 0.3 is 0 Å². The lowest BCUT2D eigenvalue weighted by atomic mass is 10.0. The van der Waals surface area contributed by atoms with Crippen molar-refractivity contribution in [3.05, 3.63) is 57.8 Å². The number of nitrogens with zero attached hydrogens (tertiary/aromatic N) is 1. The van der Waals surface area contributed by atoms with Crippen LogP contribution in [0.2, 0.25) is 0 Å². The Morgan fingerprint density at radius 2 is 2.17 bits per heavy atom. The minimum absolute atomic E-state index is 0.401. The van der Waals surface area contributed by atoms with Gasteiger partial charge in [0, 0.05) is 48.5 Å². The smallest absolute Gasteiger partial charge is 0.135 e. The monoisotopic (exact) mass is 338 g/mol. The molecule has 1 fully saturated rings. The van der Waals surface area contributed by atoms with E-state index in [1.165, 1.54) is 16.0 Å². The molecule has 1 aromatic carbocycles. The van der Waals surface area contributed by atoms with Crippen LogP contribution in [0.4, 0.5) is 0 Å². The summed E-state index contributed by atoms with van der Waals surface area (Å²) in [5.74, 6) is 1.34. The molecule has 24 heavy (non-hydrogen) atoms. The lowest BCUT2D eigenvalue weighted by Crippen LogP contribution is -2.34. The highest BCUT2D eigenvalue weighted by atomic mass is 32.1. The number of Topliss-reactive ketones (excluding diaryl/α,β-unsaturated/α-hetero) is 1. The van der Waals surface area contributed by atoms with Crippen LogP contribution in [0.15, 0.2) is 35.7 Å². The first kappa shape index (κ1) is 15.6. The molecule has 3 nitrogen and oxygen atoms in total. The predicted octanol–water partition coefficient (Wildman–Crippen LogP) is 3.93. The molecule has 0 unspecified atom stereocenters. The van der Waals surface area contributed by atoms with Gasteiger partial charge in [0.05, 0.1) is 0 Å². The van der Waals surface area contributed by atoms with Crippen LogP contribution in [0.25, 0.3) is 5.57 Å². The van der Waals surface area contributed by atoms with E-state index in [0.717, 1.165) is 37.4 Å². The molecule has 0 N–H and O–H groups in total. The number of ketones is 1. The van der Waals surface area contributed by atoms with Crippen molar-refractivity contribution in [1.29, 1.82) is 0 Å². The van der Waals surface area contributed by atoms with E-state index in [2.05, 4.69) is 28.5 Å². The van der Waals surface area contributed by atoms with Gasteiger partial charge in [-0.1, -0.05) is 12.1 Å². The van der Waals surface area contributed by atoms with E-state index in [1.54, 1.807) is 11.3 Å².